The molecule has 1 aromatic heterocycles. The number of carbonyl (C=O) groups excluding carboxylic acids is 1. The van der Waals surface area contributed by atoms with Crippen molar-refractivity contribution in [1.29, 1.82) is 0 Å². The zero-order chi connectivity index (χ0) is 20.5. The van der Waals surface area contributed by atoms with Crippen LogP contribution < -0.4 is 0 Å². The highest BCUT2D eigenvalue weighted by Gasteiger charge is 2.37. The molecular weight excluding hydrogens is 390 g/mol. The number of amides is 1. The van der Waals surface area contributed by atoms with E-state index in [1.54, 1.807) is 0 Å². The van der Waals surface area contributed by atoms with Crippen LogP contribution in [0.25, 0.3) is 22.1 Å². The molecule has 4 rings (SSSR count). The number of furan rings is 1. The van der Waals surface area contributed by atoms with E-state index >= 15 is 0 Å². The molecule has 150 valence electrons. The molecule has 0 bridgehead atoms. The van der Waals surface area contributed by atoms with Crippen molar-refractivity contribution in [3.05, 3.63) is 58.8 Å². The fourth-order valence-electron chi connectivity index (χ4n) is 4.04. The summed E-state index contributed by atoms with van der Waals surface area (Å²) in [6.45, 7) is 2.49. The fraction of sp³-hybridized carbons (Fsp3) is 0.304. The number of fused-ring (bicyclic) bond motifs is 1. The molecule has 0 aliphatic carbocycles. The van der Waals surface area contributed by atoms with E-state index in [2.05, 4.69) is 0 Å². The van der Waals surface area contributed by atoms with Crippen LogP contribution in [-0.4, -0.2) is 34.5 Å². The molecular formula is C23H22ClNO4. The highest BCUT2D eigenvalue weighted by Crippen LogP contribution is 2.33. The molecule has 3 aromatic rings. The van der Waals surface area contributed by atoms with E-state index in [1.807, 2.05) is 49.4 Å². The summed E-state index contributed by atoms with van der Waals surface area (Å²) < 4.78 is 6.03. The normalized spacial score (nSPS) is 16.5. The fourth-order valence-corrected chi connectivity index (χ4v) is 4.17. The maximum Gasteiger partial charge on any atom is 0.326 e. The van der Waals surface area contributed by atoms with Crippen LogP contribution in [0.15, 0.2) is 46.9 Å². The predicted octanol–water partition coefficient (Wildman–Crippen LogP) is 5.39. The van der Waals surface area contributed by atoms with Gasteiger partial charge in [-0.1, -0.05) is 49.2 Å². The Bertz CT molecular complexity index is 1070. The first-order valence-corrected chi connectivity index (χ1v) is 10.2. The second-order valence-corrected chi connectivity index (χ2v) is 7.81. The van der Waals surface area contributed by atoms with Crippen LogP contribution >= 0.6 is 11.6 Å². The monoisotopic (exact) mass is 411 g/mol. The van der Waals surface area contributed by atoms with Gasteiger partial charge in [-0.25, -0.2) is 4.79 Å². The topological polar surface area (TPSA) is 70.8 Å². The summed E-state index contributed by atoms with van der Waals surface area (Å²) >= 11 is 5.98. The van der Waals surface area contributed by atoms with Crippen molar-refractivity contribution in [2.75, 3.05) is 6.54 Å². The van der Waals surface area contributed by atoms with Gasteiger partial charge in [0.15, 0.2) is 5.76 Å². The lowest BCUT2D eigenvalue weighted by molar-refractivity contribution is -0.141. The van der Waals surface area contributed by atoms with Crippen molar-refractivity contribution >= 4 is 34.4 Å². The molecule has 6 heteroatoms. The molecule has 0 spiro atoms. The Labute approximate surface area is 173 Å². The zero-order valence-electron chi connectivity index (χ0n) is 16.2. The smallest absolute Gasteiger partial charge is 0.326 e. The van der Waals surface area contributed by atoms with Gasteiger partial charge in [0.1, 0.15) is 11.6 Å². The van der Waals surface area contributed by atoms with Crippen LogP contribution in [0.5, 0.6) is 0 Å². The highest BCUT2D eigenvalue weighted by atomic mass is 35.5. The largest absolute Gasteiger partial charge is 0.480 e. The predicted molar refractivity (Wildman–Crippen MR) is 112 cm³/mol. The molecule has 1 aliphatic heterocycles. The van der Waals surface area contributed by atoms with Crippen LogP contribution in [0, 0.1) is 0 Å². The number of halogens is 1. The summed E-state index contributed by atoms with van der Waals surface area (Å²) in [7, 11) is 0. The Morgan fingerprint density at radius 2 is 1.90 bits per heavy atom. The van der Waals surface area contributed by atoms with E-state index in [9.17, 15) is 14.7 Å². The number of aliphatic carboxylic acids is 1. The van der Waals surface area contributed by atoms with Crippen molar-refractivity contribution in [1.82, 2.24) is 4.90 Å². The second-order valence-electron chi connectivity index (χ2n) is 7.37. The summed E-state index contributed by atoms with van der Waals surface area (Å²) in [4.78, 5) is 26.1. The SMILES string of the molecule is CCCc1c(C(=O)N2CCCC2C(=O)O)oc2cc(-c3ccc(Cl)cc3)ccc12. The number of hydrogen-bond donors (Lipinski definition) is 1. The summed E-state index contributed by atoms with van der Waals surface area (Å²) in [5.41, 5.74) is 3.46. The third kappa shape index (κ3) is 3.62. The van der Waals surface area contributed by atoms with Crippen molar-refractivity contribution < 1.29 is 19.1 Å². The molecule has 1 fully saturated rings. The van der Waals surface area contributed by atoms with E-state index in [1.165, 1.54) is 4.90 Å². The first kappa shape index (κ1) is 19.5. The number of rotatable bonds is 5. The van der Waals surface area contributed by atoms with Gasteiger partial charge in [0.25, 0.3) is 5.91 Å². The third-order valence-corrected chi connectivity index (χ3v) is 5.72. The van der Waals surface area contributed by atoms with Gasteiger partial charge in [0.2, 0.25) is 0 Å². The zero-order valence-corrected chi connectivity index (χ0v) is 16.9. The van der Waals surface area contributed by atoms with Crippen LogP contribution in [-0.2, 0) is 11.2 Å². The van der Waals surface area contributed by atoms with Crippen LogP contribution in [0.4, 0.5) is 0 Å². The van der Waals surface area contributed by atoms with Gasteiger partial charge < -0.3 is 14.4 Å². The molecule has 2 aromatic carbocycles. The van der Waals surface area contributed by atoms with E-state index in [0.717, 1.165) is 28.5 Å². The van der Waals surface area contributed by atoms with Crippen molar-refractivity contribution in [3.8, 4) is 11.1 Å². The number of carboxylic acid groups (broad SMARTS) is 1. The van der Waals surface area contributed by atoms with Crippen LogP contribution in [0.1, 0.15) is 42.3 Å². The minimum atomic E-state index is -0.964. The summed E-state index contributed by atoms with van der Waals surface area (Å²) in [6, 6.07) is 12.7. The van der Waals surface area contributed by atoms with Gasteiger partial charge in [0, 0.05) is 22.5 Å². The summed E-state index contributed by atoms with van der Waals surface area (Å²) in [5.74, 6) is -1.03. The van der Waals surface area contributed by atoms with Crippen LogP contribution in [0.3, 0.4) is 0 Å². The summed E-state index contributed by atoms with van der Waals surface area (Å²) in [5, 5.41) is 11.0. The quantitative estimate of drug-likeness (QED) is 0.610. The Kier molecular flexibility index (Phi) is 5.33. The molecule has 1 aliphatic rings. The number of carbonyl (C=O) groups is 2. The number of nitrogens with zero attached hydrogens (tertiary/aromatic N) is 1. The second kappa shape index (κ2) is 7.91. The van der Waals surface area contributed by atoms with Crippen molar-refractivity contribution in [3.63, 3.8) is 0 Å². The maximum atomic E-state index is 13.2. The Morgan fingerprint density at radius 3 is 2.59 bits per heavy atom. The molecule has 0 saturated carbocycles. The lowest BCUT2D eigenvalue weighted by Gasteiger charge is -2.20. The van der Waals surface area contributed by atoms with E-state index < -0.39 is 12.0 Å². The van der Waals surface area contributed by atoms with Crippen molar-refractivity contribution in [2.24, 2.45) is 0 Å². The number of likely N-dealkylation sites (tertiary alicyclic amines) is 1. The molecule has 1 saturated heterocycles. The van der Waals surface area contributed by atoms with Crippen LogP contribution in [0.2, 0.25) is 5.02 Å². The van der Waals surface area contributed by atoms with Gasteiger partial charge in [-0.3, -0.25) is 4.79 Å². The first-order chi connectivity index (χ1) is 14.0. The first-order valence-electron chi connectivity index (χ1n) is 9.84. The number of carboxylic acids is 1. The van der Waals surface area contributed by atoms with E-state index in [-0.39, 0.29) is 11.7 Å². The van der Waals surface area contributed by atoms with Gasteiger partial charge in [-0.2, -0.15) is 0 Å². The third-order valence-electron chi connectivity index (χ3n) is 5.46. The molecule has 1 atom stereocenters. The van der Waals surface area contributed by atoms with Gasteiger partial charge in [-0.15, -0.1) is 0 Å². The molecule has 0 radical (unpaired) electrons. The Morgan fingerprint density at radius 1 is 1.17 bits per heavy atom. The minimum Gasteiger partial charge on any atom is -0.480 e. The molecule has 29 heavy (non-hydrogen) atoms. The number of hydrogen-bond acceptors (Lipinski definition) is 3. The van der Waals surface area contributed by atoms with Crippen molar-refractivity contribution in [2.45, 2.75) is 38.6 Å². The molecule has 5 nitrogen and oxygen atoms in total. The van der Waals surface area contributed by atoms with Gasteiger partial charge in [0.05, 0.1) is 0 Å². The maximum absolute atomic E-state index is 13.2. The van der Waals surface area contributed by atoms with Gasteiger partial charge in [-0.05, 0) is 48.6 Å². The average molecular weight is 412 g/mol. The number of benzene rings is 2. The molecule has 1 N–H and O–H groups in total. The highest BCUT2D eigenvalue weighted by molar-refractivity contribution is 6.30. The standard InChI is InChI=1S/C23H22ClNO4/c1-2-4-18-17-11-8-15(14-6-9-16(24)10-7-14)13-20(17)29-21(18)22(26)25-12-3-5-19(25)23(27)28/h6-11,13,19H,2-5,12H2,1H3,(H,27,28). The lowest BCUT2D eigenvalue weighted by atomic mass is 10.0. The minimum absolute atomic E-state index is 0.267. The summed E-state index contributed by atoms with van der Waals surface area (Å²) in [6.07, 6.45) is 2.72. The van der Waals surface area contributed by atoms with Gasteiger partial charge >= 0.3 is 5.97 Å². The van der Waals surface area contributed by atoms with E-state index in [4.69, 9.17) is 16.0 Å². The molecule has 1 amide bonds. The lowest BCUT2D eigenvalue weighted by Crippen LogP contribution is -2.40. The molecule has 2 heterocycles. The Hall–Kier alpha value is -2.79. The van der Waals surface area contributed by atoms with E-state index in [0.29, 0.717) is 36.4 Å². The average Bonchev–Trinajstić information content (AvgIpc) is 3.33. The Balaban J connectivity index is 1.77. The molecule has 1 unspecified atom stereocenters. The number of aryl methyl sites for hydroxylation is 1.